The lowest BCUT2D eigenvalue weighted by Crippen LogP contribution is -2.34. The molecule has 2 saturated carbocycles. The van der Waals surface area contributed by atoms with Gasteiger partial charge in [-0.15, -0.1) is 0 Å². The summed E-state index contributed by atoms with van der Waals surface area (Å²) in [5.74, 6) is 3.68. The molecule has 2 heterocycles. The third kappa shape index (κ3) is 4.20. The summed E-state index contributed by atoms with van der Waals surface area (Å²) in [6.45, 7) is 1.89. The largest absolute Gasteiger partial charge is 0.497 e. The molecule has 2 aromatic heterocycles. The molecule has 7 heteroatoms. The second kappa shape index (κ2) is 8.87. The summed E-state index contributed by atoms with van der Waals surface area (Å²) in [6, 6.07) is 16.3. The molecule has 0 atom stereocenters. The van der Waals surface area contributed by atoms with Gasteiger partial charge in [0.2, 0.25) is 5.78 Å². The molecule has 34 heavy (non-hydrogen) atoms. The van der Waals surface area contributed by atoms with Gasteiger partial charge >= 0.3 is 0 Å². The van der Waals surface area contributed by atoms with Crippen LogP contribution in [0.5, 0.6) is 5.75 Å². The fourth-order valence-electron chi connectivity index (χ4n) is 4.78. The molecule has 6 rings (SSSR count). The highest BCUT2D eigenvalue weighted by atomic mass is 32.2. The van der Waals surface area contributed by atoms with Crippen molar-refractivity contribution in [3.8, 4) is 28.3 Å². The van der Waals surface area contributed by atoms with Crippen LogP contribution in [0.4, 0.5) is 0 Å². The minimum atomic E-state index is -3.43. The SMILES string of the molecule is C1CC2CCC12.COc1ccc(-c2nc3nc(C)ccn3c2-c2ccccc2S(C)(=O)=O)cc1. The van der Waals surface area contributed by atoms with Crippen LogP contribution >= 0.6 is 0 Å². The third-order valence-electron chi connectivity index (χ3n) is 7.02. The van der Waals surface area contributed by atoms with Crippen molar-refractivity contribution in [3.05, 3.63) is 66.5 Å². The minimum absolute atomic E-state index is 0.257. The maximum absolute atomic E-state index is 12.4. The van der Waals surface area contributed by atoms with Gasteiger partial charge in [-0.3, -0.25) is 4.40 Å². The van der Waals surface area contributed by atoms with Gasteiger partial charge in [-0.2, -0.15) is 0 Å². The third-order valence-corrected chi connectivity index (χ3v) is 8.18. The molecule has 0 amide bonds. The Hall–Kier alpha value is -3.19. The number of ether oxygens (including phenoxy) is 1. The van der Waals surface area contributed by atoms with E-state index in [4.69, 9.17) is 9.72 Å². The van der Waals surface area contributed by atoms with E-state index in [0.717, 1.165) is 17.0 Å². The number of hydrogen-bond acceptors (Lipinski definition) is 5. The van der Waals surface area contributed by atoms with Gasteiger partial charge in [0.05, 0.1) is 23.4 Å². The molecule has 2 aromatic carbocycles. The molecule has 0 spiro atoms. The monoisotopic (exact) mass is 475 g/mol. The standard InChI is InChI=1S/C21H19N3O3S.C6H10/c1-14-12-13-24-20(17-6-4-5-7-18(17)28(3,25)26)19(23-21(24)22-14)15-8-10-16(27-2)11-9-15;1-2-6-4-3-5(1)6/h4-13H,1-3H3;5-6H,1-4H2. The Morgan fingerprint density at radius 3 is 2.12 bits per heavy atom. The maximum atomic E-state index is 12.4. The van der Waals surface area contributed by atoms with Gasteiger partial charge in [-0.1, -0.05) is 18.2 Å². The number of aromatic nitrogens is 3. The summed E-state index contributed by atoms with van der Waals surface area (Å²) in [5, 5.41) is 0. The average molecular weight is 476 g/mol. The molecule has 0 saturated heterocycles. The normalized spacial score (nSPS) is 18.8. The van der Waals surface area contributed by atoms with Crippen LogP contribution < -0.4 is 4.74 Å². The van der Waals surface area contributed by atoms with E-state index in [0.29, 0.717) is 22.7 Å². The van der Waals surface area contributed by atoms with Gasteiger partial charge in [0, 0.05) is 29.3 Å². The van der Waals surface area contributed by atoms with E-state index < -0.39 is 9.84 Å². The Kier molecular flexibility index (Phi) is 5.90. The number of hydrogen-bond donors (Lipinski definition) is 0. The number of imidazole rings is 1. The molecule has 176 valence electrons. The minimum Gasteiger partial charge on any atom is -0.497 e. The number of methoxy groups -OCH3 is 1. The molecule has 0 unspecified atom stereocenters. The van der Waals surface area contributed by atoms with Gasteiger partial charge in [0.1, 0.15) is 5.75 Å². The van der Waals surface area contributed by atoms with Crippen LogP contribution in [0.1, 0.15) is 31.4 Å². The molecule has 0 N–H and O–H groups in total. The van der Waals surface area contributed by atoms with Crippen molar-refractivity contribution in [3.63, 3.8) is 0 Å². The van der Waals surface area contributed by atoms with E-state index in [1.165, 1.54) is 18.1 Å². The first-order valence-electron chi connectivity index (χ1n) is 11.6. The van der Waals surface area contributed by atoms with Crippen LogP contribution in [-0.4, -0.2) is 36.2 Å². The van der Waals surface area contributed by atoms with E-state index >= 15 is 0 Å². The molecule has 0 bridgehead atoms. The first-order valence-corrected chi connectivity index (χ1v) is 13.5. The molecule has 2 aliphatic carbocycles. The Labute approximate surface area is 200 Å². The first-order chi connectivity index (χ1) is 16.3. The van der Waals surface area contributed by atoms with Crippen molar-refractivity contribution in [2.24, 2.45) is 11.8 Å². The molecular weight excluding hydrogens is 446 g/mol. The number of nitrogens with zero attached hydrogens (tertiary/aromatic N) is 3. The van der Waals surface area contributed by atoms with Crippen molar-refractivity contribution in [1.82, 2.24) is 14.4 Å². The summed E-state index contributed by atoms with van der Waals surface area (Å²) >= 11 is 0. The fourth-order valence-corrected chi connectivity index (χ4v) is 5.67. The molecular formula is C27H29N3O3S. The topological polar surface area (TPSA) is 73.6 Å². The predicted octanol–water partition coefficient (Wildman–Crippen LogP) is 5.59. The lowest BCUT2D eigenvalue weighted by atomic mass is 9.60. The van der Waals surface area contributed by atoms with Crippen molar-refractivity contribution in [2.75, 3.05) is 13.4 Å². The zero-order valence-corrected chi connectivity index (χ0v) is 20.5. The summed E-state index contributed by atoms with van der Waals surface area (Å²) in [5.41, 5.74) is 3.63. The molecule has 0 aliphatic heterocycles. The molecule has 0 radical (unpaired) electrons. The zero-order chi connectivity index (χ0) is 23.9. The zero-order valence-electron chi connectivity index (χ0n) is 19.7. The van der Waals surface area contributed by atoms with Gasteiger partial charge in [-0.25, -0.2) is 18.4 Å². The maximum Gasteiger partial charge on any atom is 0.235 e. The van der Waals surface area contributed by atoms with Crippen molar-refractivity contribution >= 4 is 15.6 Å². The van der Waals surface area contributed by atoms with Crippen LogP contribution in [-0.2, 0) is 9.84 Å². The van der Waals surface area contributed by atoms with Gasteiger partial charge in [0.15, 0.2) is 9.84 Å². The number of rotatable bonds is 4. The average Bonchev–Trinajstić information content (AvgIpc) is 3.19. The van der Waals surface area contributed by atoms with Gasteiger partial charge in [0.25, 0.3) is 0 Å². The molecule has 2 fully saturated rings. The Balaban J connectivity index is 0.000000343. The number of fused-ring (bicyclic) bond motifs is 2. The summed E-state index contributed by atoms with van der Waals surface area (Å²) in [6.07, 6.45) is 9.32. The quantitative estimate of drug-likeness (QED) is 0.385. The Bertz CT molecular complexity index is 1420. The Morgan fingerprint density at radius 1 is 0.912 bits per heavy atom. The van der Waals surface area contributed by atoms with Crippen LogP contribution in [0.2, 0.25) is 0 Å². The lowest BCUT2D eigenvalue weighted by molar-refractivity contribution is 0.0548. The number of sulfone groups is 1. The van der Waals surface area contributed by atoms with Crippen LogP contribution in [0.25, 0.3) is 28.3 Å². The van der Waals surface area contributed by atoms with Crippen LogP contribution in [0.3, 0.4) is 0 Å². The van der Waals surface area contributed by atoms with Crippen LogP contribution in [0.15, 0.2) is 65.7 Å². The molecule has 2 aliphatic rings. The Morgan fingerprint density at radius 2 is 1.56 bits per heavy atom. The van der Waals surface area contributed by atoms with Crippen molar-refractivity contribution in [1.29, 1.82) is 0 Å². The van der Waals surface area contributed by atoms with Gasteiger partial charge in [-0.05, 0) is 80.8 Å². The summed E-state index contributed by atoms with van der Waals surface area (Å²) < 4.78 is 31.9. The number of benzene rings is 2. The van der Waals surface area contributed by atoms with Crippen molar-refractivity contribution in [2.45, 2.75) is 37.5 Å². The van der Waals surface area contributed by atoms with Crippen LogP contribution in [0, 0.1) is 18.8 Å². The van der Waals surface area contributed by atoms with Crippen molar-refractivity contribution < 1.29 is 13.2 Å². The second-order valence-electron chi connectivity index (χ2n) is 9.22. The van der Waals surface area contributed by atoms with E-state index in [9.17, 15) is 8.42 Å². The molecule has 6 nitrogen and oxygen atoms in total. The predicted molar refractivity (Wildman–Crippen MR) is 134 cm³/mol. The first kappa shape index (κ1) is 22.6. The van der Waals surface area contributed by atoms with E-state index in [-0.39, 0.29) is 4.90 Å². The highest BCUT2D eigenvalue weighted by molar-refractivity contribution is 7.90. The second-order valence-corrected chi connectivity index (χ2v) is 11.2. The van der Waals surface area contributed by atoms with Gasteiger partial charge < -0.3 is 4.74 Å². The van der Waals surface area contributed by atoms with E-state index in [2.05, 4.69) is 4.98 Å². The number of aryl methyl sites for hydroxylation is 1. The fraction of sp³-hybridized carbons (Fsp3) is 0.333. The lowest BCUT2D eigenvalue weighted by Gasteiger charge is -2.46. The van der Waals surface area contributed by atoms with E-state index in [1.807, 2.05) is 53.9 Å². The van der Waals surface area contributed by atoms with E-state index in [1.54, 1.807) is 51.0 Å². The highest BCUT2D eigenvalue weighted by Gasteiger charge is 2.37. The summed E-state index contributed by atoms with van der Waals surface area (Å²) in [4.78, 5) is 9.48. The summed E-state index contributed by atoms with van der Waals surface area (Å²) in [7, 11) is -1.82. The highest BCUT2D eigenvalue weighted by Crippen LogP contribution is 2.49. The molecule has 4 aromatic rings. The smallest absolute Gasteiger partial charge is 0.235 e.